The Kier molecular flexibility index (Phi) is 4.97. The van der Waals surface area contributed by atoms with Crippen LogP contribution in [0.15, 0.2) is 59.6 Å². The number of fused-ring (bicyclic) bond motifs is 1. The first kappa shape index (κ1) is 18.0. The number of primary sulfonamides is 1. The molecule has 8 heteroatoms. The number of ether oxygens (including phenoxy) is 2. The minimum absolute atomic E-state index is 0.00670. The number of aromatic nitrogens is 1. The molecule has 3 rings (SSSR count). The van der Waals surface area contributed by atoms with E-state index in [0.717, 1.165) is 10.9 Å². The summed E-state index contributed by atoms with van der Waals surface area (Å²) in [6.07, 6.45) is 1.74. The maximum absolute atomic E-state index is 12.3. The van der Waals surface area contributed by atoms with Crippen LogP contribution in [-0.4, -0.2) is 32.2 Å². The zero-order chi connectivity index (χ0) is 18.7. The Balaban J connectivity index is 1.55. The molecule has 2 N–H and O–H groups in total. The summed E-state index contributed by atoms with van der Waals surface area (Å²) < 4.78 is 34.9. The summed E-state index contributed by atoms with van der Waals surface area (Å²) in [5, 5.41) is 5.86. The minimum Gasteiger partial charge on any atom is -0.490 e. The number of aryl methyl sites for hydroxylation is 1. The van der Waals surface area contributed by atoms with Crippen molar-refractivity contribution in [2.45, 2.75) is 4.90 Å². The number of nitrogens with two attached hydrogens (primary N) is 1. The van der Waals surface area contributed by atoms with Gasteiger partial charge in [0.25, 0.3) is 0 Å². The van der Waals surface area contributed by atoms with Crippen LogP contribution in [-0.2, 0) is 21.8 Å². The highest BCUT2D eigenvalue weighted by molar-refractivity contribution is 7.89. The second kappa shape index (κ2) is 7.19. The van der Waals surface area contributed by atoms with Crippen molar-refractivity contribution >= 4 is 26.9 Å². The zero-order valence-electron chi connectivity index (χ0n) is 14.1. The molecule has 7 nitrogen and oxygen atoms in total. The third-order valence-electron chi connectivity index (χ3n) is 3.85. The fraction of sp³-hybridized carbons (Fsp3) is 0.167. The molecule has 2 aromatic carbocycles. The predicted molar refractivity (Wildman–Crippen MR) is 96.5 cm³/mol. The number of nitrogens with zero attached hydrogens (tertiary/aromatic N) is 1. The summed E-state index contributed by atoms with van der Waals surface area (Å²) in [4.78, 5) is 12.3. The van der Waals surface area contributed by atoms with E-state index in [-0.39, 0.29) is 18.1 Å². The standard InChI is InChI=1S/C18H18N2O5S/c1-20-12-16(15-4-2-3-5-17(15)20)18(21)25-11-10-24-13-6-8-14(9-7-13)26(19,22)23/h2-9,12H,10-11H2,1H3,(H2,19,22,23). The molecule has 0 bridgehead atoms. The van der Waals surface area contributed by atoms with Crippen LogP contribution in [0.25, 0.3) is 10.9 Å². The van der Waals surface area contributed by atoms with E-state index >= 15 is 0 Å². The molecule has 0 aliphatic heterocycles. The lowest BCUT2D eigenvalue weighted by molar-refractivity contribution is 0.0452. The predicted octanol–water partition coefficient (Wildman–Crippen LogP) is 2.06. The van der Waals surface area contributed by atoms with Crippen molar-refractivity contribution in [1.29, 1.82) is 0 Å². The van der Waals surface area contributed by atoms with E-state index in [1.54, 1.807) is 6.20 Å². The molecule has 0 saturated heterocycles. The number of carbonyl (C=O) groups excluding carboxylic acids is 1. The Morgan fingerprint density at radius 2 is 1.77 bits per heavy atom. The van der Waals surface area contributed by atoms with Crippen LogP contribution in [0.3, 0.4) is 0 Å². The normalized spacial score (nSPS) is 11.5. The number of carbonyl (C=O) groups is 1. The Bertz CT molecular complexity index is 1040. The molecule has 3 aromatic rings. The van der Waals surface area contributed by atoms with Crippen LogP contribution in [0, 0.1) is 0 Å². The second-order valence-corrected chi connectivity index (χ2v) is 7.23. The number of para-hydroxylation sites is 1. The van der Waals surface area contributed by atoms with Gasteiger partial charge in [-0.1, -0.05) is 18.2 Å². The van der Waals surface area contributed by atoms with Crippen molar-refractivity contribution in [3.8, 4) is 5.75 Å². The molecule has 0 amide bonds. The van der Waals surface area contributed by atoms with Crippen molar-refractivity contribution in [3.63, 3.8) is 0 Å². The lowest BCUT2D eigenvalue weighted by atomic mass is 10.2. The van der Waals surface area contributed by atoms with E-state index in [2.05, 4.69) is 0 Å². The summed E-state index contributed by atoms with van der Waals surface area (Å²) in [5.74, 6) is 0.0357. The largest absolute Gasteiger partial charge is 0.490 e. The van der Waals surface area contributed by atoms with Gasteiger partial charge in [0.15, 0.2) is 0 Å². The molecule has 26 heavy (non-hydrogen) atoms. The van der Waals surface area contributed by atoms with Gasteiger partial charge in [-0.3, -0.25) is 0 Å². The van der Waals surface area contributed by atoms with Gasteiger partial charge in [-0.2, -0.15) is 0 Å². The van der Waals surface area contributed by atoms with E-state index in [0.29, 0.717) is 11.3 Å². The summed E-state index contributed by atoms with van der Waals surface area (Å²) >= 11 is 0. The molecular weight excluding hydrogens is 356 g/mol. The number of sulfonamides is 1. The number of hydrogen-bond acceptors (Lipinski definition) is 5. The van der Waals surface area contributed by atoms with E-state index < -0.39 is 16.0 Å². The molecule has 0 aliphatic carbocycles. The highest BCUT2D eigenvalue weighted by atomic mass is 32.2. The highest BCUT2D eigenvalue weighted by Gasteiger charge is 2.14. The molecule has 0 radical (unpaired) electrons. The SMILES string of the molecule is Cn1cc(C(=O)OCCOc2ccc(S(N)(=O)=O)cc2)c2ccccc21. The monoisotopic (exact) mass is 374 g/mol. The van der Waals surface area contributed by atoms with Crippen molar-refractivity contribution in [1.82, 2.24) is 4.57 Å². The topological polar surface area (TPSA) is 101 Å². The van der Waals surface area contributed by atoms with Gasteiger partial charge in [0.2, 0.25) is 10.0 Å². The Morgan fingerprint density at radius 1 is 1.08 bits per heavy atom. The van der Waals surface area contributed by atoms with Crippen LogP contribution in [0.2, 0.25) is 0 Å². The van der Waals surface area contributed by atoms with E-state index in [1.165, 1.54) is 24.3 Å². The third kappa shape index (κ3) is 3.87. The van der Waals surface area contributed by atoms with Crippen LogP contribution in [0.5, 0.6) is 5.75 Å². The first-order valence-corrected chi connectivity index (χ1v) is 9.38. The molecule has 0 atom stereocenters. The van der Waals surface area contributed by atoms with Gasteiger partial charge in [0, 0.05) is 24.1 Å². The van der Waals surface area contributed by atoms with Crippen LogP contribution < -0.4 is 9.88 Å². The molecule has 0 spiro atoms. The molecule has 0 saturated carbocycles. The summed E-state index contributed by atoms with van der Waals surface area (Å²) in [7, 11) is -1.86. The van der Waals surface area contributed by atoms with Gasteiger partial charge in [-0.15, -0.1) is 0 Å². The van der Waals surface area contributed by atoms with Crippen molar-refractivity contribution in [3.05, 3.63) is 60.3 Å². The molecule has 0 unspecified atom stereocenters. The first-order valence-electron chi connectivity index (χ1n) is 7.83. The Labute approximate surface area is 151 Å². The fourth-order valence-electron chi connectivity index (χ4n) is 2.60. The average molecular weight is 374 g/mol. The summed E-state index contributed by atoms with van der Waals surface area (Å²) in [6, 6.07) is 13.3. The van der Waals surface area contributed by atoms with Gasteiger partial charge < -0.3 is 14.0 Å². The fourth-order valence-corrected chi connectivity index (χ4v) is 3.12. The summed E-state index contributed by atoms with van der Waals surface area (Å²) in [5.41, 5.74) is 1.45. The highest BCUT2D eigenvalue weighted by Crippen LogP contribution is 2.21. The van der Waals surface area contributed by atoms with Gasteiger partial charge >= 0.3 is 5.97 Å². The van der Waals surface area contributed by atoms with Crippen molar-refractivity contribution in [2.24, 2.45) is 12.2 Å². The van der Waals surface area contributed by atoms with Gasteiger partial charge in [-0.05, 0) is 30.3 Å². The van der Waals surface area contributed by atoms with Crippen LogP contribution in [0.1, 0.15) is 10.4 Å². The van der Waals surface area contributed by atoms with Gasteiger partial charge in [-0.25, -0.2) is 18.4 Å². The van der Waals surface area contributed by atoms with E-state index in [1.807, 2.05) is 35.9 Å². The van der Waals surface area contributed by atoms with Crippen molar-refractivity contribution in [2.75, 3.05) is 13.2 Å². The average Bonchev–Trinajstić information content (AvgIpc) is 2.96. The second-order valence-electron chi connectivity index (χ2n) is 5.67. The van der Waals surface area contributed by atoms with E-state index in [9.17, 15) is 13.2 Å². The third-order valence-corrected chi connectivity index (χ3v) is 4.78. The zero-order valence-corrected chi connectivity index (χ0v) is 14.9. The molecular formula is C18H18N2O5S. The quantitative estimate of drug-likeness (QED) is 0.526. The maximum atomic E-state index is 12.3. The van der Waals surface area contributed by atoms with Crippen LogP contribution >= 0.6 is 0 Å². The lowest BCUT2D eigenvalue weighted by Crippen LogP contribution is -2.13. The number of hydrogen-bond donors (Lipinski definition) is 1. The van der Waals surface area contributed by atoms with Crippen molar-refractivity contribution < 1.29 is 22.7 Å². The number of esters is 1. The van der Waals surface area contributed by atoms with Gasteiger partial charge in [0.05, 0.1) is 10.5 Å². The Hall–Kier alpha value is -2.84. The van der Waals surface area contributed by atoms with E-state index in [4.69, 9.17) is 14.6 Å². The molecule has 1 heterocycles. The van der Waals surface area contributed by atoms with Gasteiger partial charge in [0.1, 0.15) is 19.0 Å². The lowest BCUT2D eigenvalue weighted by Gasteiger charge is -2.07. The Morgan fingerprint density at radius 3 is 2.46 bits per heavy atom. The number of rotatable bonds is 6. The molecule has 0 fully saturated rings. The molecule has 1 aromatic heterocycles. The minimum atomic E-state index is -3.73. The maximum Gasteiger partial charge on any atom is 0.340 e. The number of benzene rings is 2. The molecule has 136 valence electrons. The smallest absolute Gasteiger partial charge is 0.340 e. The first-order chi connectivity index (χ1) is 12.4. The summed E-state index contributed by atoms with van der Waals surface area (Å²) in [6.45, 7) is 0.213. The molecule has 0 aliphatic rings. The van der Waals surface area contributed by atoms with Crippen LogP contribution in [0.4, 0.5) is 0 Å².